The Morgan fingerprint density at radius 2 is 1.62 bits per heavy atom. The first-order valence-corrected chi connectivity index (χ1v) is 9.62. The molecule has 3 rings (SSSR count). The van der Waals surface area contributed by atoms with E-state index in [0.717, 1.165) is 3.57 Å². The average Bonchev–Trinajstić information content (AvgIpc) is 2.65. The van der Waals surface area contributed by atoms with Gasteiger partial charge in [-0.3, -0.25) is 9.59 Å². The molecule has 26 heavy (non-hydrogen) atoms. The van der Waals surface area contributed by atoms with Gasteiger partial charge in [0, 0.05) is 40.3 Å². The molecule has 0 bridgehead atoms. The van der Waals surface area contributed by atoms with Crippen molar-refractivity contribution in [2.75, 3.05) is 26.2 Å². The predicted molar refractivity (Wildman–Crippen MR) is 107 cm³/mol. The maximum absolute atomic E-state index is 13.7. The predicted octanol–water partition coefficient (Wildman–Crippen LogP) is 3.99. The lowest BCUT2D eigenvalue weighted by molar-refractivity contribution is 0.0534. The van der Waals surface area contributed by atoms with Gasteiger partial charge in [0.25, 0.3) is 11.8 Å². The summed E-state index contributed by atoms with van der Waals surface area (Å²) in [7, 11) is 0. The lowest BCUT2D eigenvalue weighted by atomic mass is 10.1. The molecule has 2 amide bonds. The molecule has 2 aromatic carbocycles. The van der Waals surface area contributed by atoms with Crippen molar-refractivity contribution in [1.29, 1.82) is 0 Å². The second-order valence-electron chi connectivity index (χ2n) is 6.17. The summed E-state index contributed by atoms with van der Waals surface area (Å²) in [6, 6.07) is 9.72. The van der Waals surface area contributed by atoms with Gasteiger partial charge in [0.05, 0.1) is 5.56 Å². The quantitative estimate of drug-likeness (QED) is 0.603. The summed E-state index contributed by atoms with van der Waals surface area (Å²) < 4.78 is 14.5. The van der Waals surface area contributed by atoms with Gasteiger partial charge in [0.15, 0.2) is 0 Å². The first-order chi connectivity index (χ1) is 12.4. The van der Waals surface area contributed by atoms with E-state index in [9.17, 15) is 14.0 Å². The van der Waals surface area contributed by atoms with Gasteiger partial charge in [-0.05, 0) is 65.4 Å². The van der Waals surface area contributed by atoms with Crippen LogP contribution in [0.2, 0.25) is 5.02 Å². The maximum atomic E-state index is 13.7. The molecule has 1 aliphatic heterocycles. The number of hydrogen-bond donors (Lipinski definition) is 0. The number of carbonyl (C=O) groups excluding carboxylic acids is 2. The molecule has 0 N–H and O–H groups in total. The highest BCUT2D eigenvalue weighted by Gasteiger charge is 2.26. The number of piperazine rings is 1. The van der Waals surface area contributed by atoms with E-state index < -0.39 is 0 Å². The Kier molecular flexibility index (Phi) is 5.82. The second kappa shape index (κ2) is 7.92. The van der Waals surface area contributed by atoms with Gasteiger partial charge < -0.3 is 9.80 Å². The van der Waals surface area contributed by atoms with E-state index >= 15 is 0 Å². The van der Waals surface area contributed by atoms with Crippen molar-refractivity contribution in [3.05, 3.63) is 67.5 Å². The number of carbonyl (C=O) groups is 2. The number of rotatable bonds is 2. The van der Waals surface area contributed by atoms with E-state index in [1.807, 2.05) is 6.07 Å². The number of aryl methyl sites for hydroxylation is 1. The van der Waals surface area contributed by atoms with E-state index in [0.29, 0.717) is 47.9 Å². The molecule has 0 atom stereocenters. The van der Waals surface area contributed by atoms with Gasteiger partial charge in [-0.1, -0.05) is 17.7 Å². The molecule has 0 aliphatic carbocycles. The van der Waals surface area contributed by atoms with Crippen molar-refractivity contribution >= 4 is 46.0 Å². The molecule has 1 fully saturated rings. The number of nitrogens with zero attached hydrogens (tertiary/aromatic N) is 2. The van der Waals surface area contributed by atoms with E-state index in [4.69, 9.17) is 11.6 Å². The monoisotopic (exact) mass is 486 g/mol. The van der Waals surface area contributed by atoms with Crippen LogP contribution in [0.25, 0.3) is 0 Å². The summed E-state index contributed by atoms with van der Waals surface area (Å²) in [6.45, 7) is 3.35. The van der Waals surface area contributed by atoms with Crippen LogP contribution in [-0.2, 0) is 0 Å². The van der Waals surface area contributed by atoms with Gasteiger partial charge in [-0.15, -0.1) is 0 Å². The van der Waals surface area contributed by atoms with Crippen molar-refractivity contribution in [3.8, 4) is 0 Å². The summed E-state index contributed by atoms with van der Waals surface area (Å²) in [4.78, 5) is 28.6. The van der Waals surface area contributed by atoms with Crippen molar-refractivity contribution < 1.29 is 14.0 Å². The van der Waals surface area contributed by atoms with Crippen LogP contribution in [0.3, 0.4) is 0 Å². The largest absolute Gasteiger partial charge is 0.335 e. The smallest absolute Gasteiger partial charge is 0.255 e. The Bertz CT molecular complexity index is 867. The molecular formula is C19H17ClFIN2O2. The summed E-state index contributed by atoms with van der Waals surface area (Å²) in [6.07, 6.45) is 0. The standard InChI is InChI=1S/C19H17ClFIN2O2/c1-12-2-3-13(10-16(12)21)18(25)23-6-8-24(9-7-23)19(26)15-11-14(20)4-5-17(15)22/h2-5,10-11H,6-9H2,1H3. The molecule has 1 saturated heterocycles. The van der Waals surface area contributed by atoms with Crippen LogP contribution in [0.1, 0.15) is 26.3 Å². The molecule has 1 aliphatic rings. The Morgan fingerprint density at radius 1 is 1.00 bits per heavy atom. The van der Waals surface area contributed by atoms with Crippen LogP contribution in [0.15, 0.2) is 36.4 Å². The van der Waals surface area contributed by atoms with Crippen LogP contribution in [0.5, 0.6) is 0 Å². The first-order valence-electron chi connectivity index (χ1n) is 8.16. The number of halogens is 3. The van der Waals surface area contributed by atoms with Crippen molar-refractivity contribution in [3.63, 3.8) is 0 Å². The molecule has 0 aromatic heterocycles. The zero-order chi connectivity index (χ0) is 18.8. The summed E-state index contributed by atoms with van der Waals surface area (Å²) in [5, 5.41) is 0.518. The Balaban J connectivity index is 1.67. The van der Waals surface area contributed by atoms with Crippen LogP contribution >= 0.6 is 34.2 Å². The van der Waals surface area contributed by atoms with Crippen LogP contribution in [0, 0.1) is 16.3 Å². The summed E-state index contributed by atoms with van der Waals surface area (Å²) in [5.74, 6) is -0.695. The first kappa shape index (κ1) is 19.1. The Morgan fingerprint density at radius 3 is 2.23 bits per heavy atom. The third-order valence-corrected chi connectivity index (χ3v) is 5.61. The van der Waals surface area contributed by atoms with Gasteiger partial charge >= 0.3 is 0 Å². The third kappa shape index (κ3) is 4.01. The van der Waals surface area contributed by atoms with Gasteiger partial charge in [-0.2, -0.15) is 0 Å². The van der Waals surface area contributed by atoms with E-state index in [1.54, 1.807) is 41.0 Å². The normalized spacial score (nSPS) is 14.5. The minimum absolute atomic E-state index is 0.0922. The molecule has 1 heterocycles. The molecule has 136 valence electrons. The van der Waals surface area contributed by atoms with Crippen LogP contribution in [-0.4, -0.2) is 47.8 Å². The lowest BCUT2D eigenvalue weighted by Gasteiger charge is -2.35. The number of amides is 2. The van der Waals surface area contributed by atoms with Crippen LogP contribution in [0.4, 0.5) is 4.39 Å². The zero-order valence-corrected chi connectivity index (χ0v) is 17.1. The highest BCUT2D eigenvalue weighted by atomic mass is 127. The number of benzene rings is 2. The molecule has 7 heteroatoms. The Hall–Kier alpha value is -1.67. The van der Waals surface area contributed by atoms with Crippen molar-refractivity contribution in [1.82, 2.24) is 9.80 Å². The SMILES string of the molecule is Cc1ccc(C(=O)N2CCN(C(=O)c3cc(Cl)ccc3I)CC2)cc1F. The fourth-order valence-electron chi connectivity index (χ4n) is 2.85. The molecule has 0 spiro atoms. The fourth-order valence-corrected chi connectivity index (χ4v) is 3.59. The highest BCUT2D eigenvalue weighted by molar-refractivity contribution is 14.1. The fraction of sp³-hybridized carbons (Fsp3) is 0.263. The summed E-state index contributed by atoms with van der Waals surface area (Å²) in [5.41, 5.74) is 1.41. The average molecular weight is 487 g/mol. The van der Waals surface area contributed by atoms with E-state index in [-0.39, 0.29) is 17.6 Å². The van der Waals surface area contributed by atoms with Crippen molar-refractivity contribution in [2.24, 2.45) is 0 Å². The molecular weight excluding hydrogens is 470 g/mol. The molecule has 0 unspecified atom stereocenters. The highest BCUT2D eigenvalue weighted by Crippen LogP contribution is 2.21. The van der Waals surface area contributed by atoms with E-state index in [1.165, 1.54) is 6.07 Å². The van der Waals surface area contributed by atoms with Crippen LogP contribution < -0.4 is 0 Å². The summed E-state index contributed by atoms with van der Waals surface area (Å²) >= 11 is 8.11. The molecule has 0 saturated carbocycles. The maximum Gasteiger partial charge on any atom is 0.255 e. The van der Waals surface area contributed by atoms with Gasteiger partial charge in [-0.25, -0.2) is 4.39 Å². The zero-order valence-electron chi connectivity index (χ0n) is 14.1. The third-order valence-electron chi connectivity index (χ3n) is 4.43. The number of hydrogen-bond acceptors (Lipinski definition) is 2. The lowest BCUT2D eigenvalue weighted by Crippen LogP contribution is -2.50. The minimum Gasteiger partial charge on any atom is -0.335 e. The molecule has 0 radical (unpaired) electrons. The van der Waals surface area contributed by atoms with Gasteiger partial charge in [0.1, 0.15) is 5.82 Å². The second-order valence-corrected chi connectivity index (χ2v) is 7.77. The minimum atomic E-state index is -0.389. The Labute approximate surface area is 170 Å². The molecule has 2 aromatic rings. The van der Waals surface area contributed by atoms with Crippen molar-refractivity contribution in [2.45, 2.75) is 6.92 Å². The molecule has 4 nitrogen and oxygen atoms in total. The topological polar surface area (TPSA) is 40.6 Å². The van der Waals surface area contributed by atoms with Gasteiger partial charge in [0.2, 0.25) is 0 Å². The van der Waals surface area contributed by atoms with E-state index in [2.05, 4.69) is 22.6 Å².